The minimum Gasteiger partial charge on any atom is -0.496 e. The first-order chi connectivity index (χ1) is 12.0. The number of aryl methyl sites for hydroxylation is 1. The van der Waals surface area contributed by atoms with Gasteiger partial charge in [0, 0.05) is 5.56 Å². The zero-order valence-electron chi connectivity index (χ0n) is 14.7. The fraction of sp³-hybridized carbons (Fsp3) is 0.556. The van der Waals surface area contributed by atoms with E-state index in [0.29, 0.717) is 5.82 Å². The molecule has 1 heterocycles. The molecule has 25 heavy (non-hydrogen) atoms. The molecule has 1 aromatic heterocycles. The summed E-state index contributed by atoms with van der Waals surface area (Å²) in [5, 5.41) is 3.92. The average molecular weight is 364 g/mol. The van der Waals surface area contributed by atoms with Crippen LogP contribution in [0.2, 0.25) is 0 Å². The Kier molecular flexibility index (Phi) is 5.42. The number of aromatic nitrogens is 2. The van der Waals surface area contributed by atoms with Gasteiger partial charge in [0.2, 0.25) is 11.7 Å². The predicted molar refractivity (Wildman–Crippen MR) is 95.1 cm³/mol. The largest absolute Gasteiger partial charge is 0.496 e. The molecule has 0 spiro atoms. The van der Waals surface area contributed by atoms with Crippen LogP contribution in [-0.4, -0.2) is 31.4 Å². The highest BCUT2D eigenvalue weighted by Gasteiger charge is 2.24. The van der Waals surface area contributed by atoms with Crippen LogP contribution in [-0.2, 0) is 15.6 Å². The van der Waals surface area contributed by atoms with E-state index in [1.807, 2.05) is 25.1 Å². The summed E-state index contributed by atoms with van der Waals surface area (Å²) in [4.78, 5) is 4.25. The van der Waals surface area contributed by atoms with E-state index >= 15 is 0 Å². The number of sulfone groups is 1. The summed E-state index contributed by atoms with van der Waals surface area (Å²) >= 11 is 0. The third-order valence-electron chi connectivity index (χ3n) is 4.69. The van der Waals surface area contributed by atoms with Gasteiger partial charge >= 0.3 is 0 Å². The van der Waals surface area contributed by atoms with E-state index in [0.717, 1.165) is 42.6 Å². The molecular formula is C18H24N2O4S. The molecule has 0 atom stereocenters. The van der Waals surface area contributed by atoms with Gasteiger partial charge in [0.15, 0.2) is 9.84 Å². The summed E-state index contributed by atoms with van der Waals surface area (Å²) in [5.74, 6) is 1.53. The molecular weight excluding hydrogens is 340 g/mol. The summed E-state index contributed by atoms with van der Waals surface area (Å²) in [6.07, 6.45) is 5.46. The van der Waals surface area contributed by atoms with Crippen molar-refractivity contribution in [3.8, 4) is 17.1 Å². The maximum Gasteiger partial charge on any atom is 0.242 e. The van der Waals surface area contributed by atoms with Gasteiger partial charge in [-0.25, -0.2) is 8.42 Å². The quantitative estimate of drug-likeness (QED) is 0.779. The molecule has 2 aromatic rings. The molecule has 0 saturated heterocycles. The highest BCUT2D eigenvalue weighted by Crippen LogP contribution is 2.27. The summed E-state index contributed by atoms with van der Waals surface area (Å²) in [6.45, 7) is 1.95. The van der Waals surface area contributed by atoms with Crippen LogP contribution in [0.4, 0.5) is 0 Å². The lowest BCUT2D eigenvalue weighted by atomic mass is 9.91. The third kappa shape index (κ3) is 4.60. The summed E-state index contributed by atoms with van der Waals surface area (Å²) in [7, 11) is -1.64. The van der Waals surface area contributed by atoms with E-state index in [2.05, 4.69) is 10.1 Å². The average Bonchev–Trinajstić information content (AvgIpc) is 3.03. The van der Waals surface area contributed by atoms with Gasteiger partial charge in [-0.3, -0.25) is 0 Å². The third-order valence-corrected chi connectivity index (χ3v) is 6.36. The number of benzene rings is 1. The molecule has 3 rings (SSSR count). The fourth-order valence-electron chi connectivity index (χ4n) is 3.35. The standard InChI is InChI=1S/C18H24N2O4S/c1-13-8-9-15(10-16(13)23-2)18-19-17(24-20-18)12-25(21,22)11-14-6-4-3-5-7-14/h8-10,14H,3-7,11-12H2,1-2H3. The van der Waals surface area contributed by atoms with Crippen LogP contribution in [0, 0.1) is 12.8 Å². The SMILES string of the molecule is COc1cc(-c2noc(CS(=O)(=O)CC3CCCCC3)n2)ccc1C. The van der Waals surface area contributed by atoms with Crippen molar-refractivity contribution in [2.24, 2.45) is 5.92 Å². The van der Waals surface area contributed by atoms with Crippen LogP contribution in [0.3, 0.4) is 0 Å². The van der Waals surface area contributed by atoms with Crippen molar-refractivity contribution in [1.29, 1.82) is 0 Å². The molecule has 7 heteroatoms. The van der Waals surface area contributed by atoms with Crippen molar-refractivity contribution in [3.63, 3.8) is 0 Å². The van der Waals surface area contributed by atoms with Crippen LogP contribution < -0.4 is 4.74 Å². The second-order valence-electron chi connectivity index (χ2n) is 6.75. The molecule has 1 aliphatic rings. The van der Waals surface area contributed by atoms with Gasteiger partial charge in [-0.15, -0.1) is 0 Å². The molecule has 0 unspecified atom stereocenters. The Balaban J connectivity index is 1.70. The van der Waals surface area contributed by atoms with Crippen LogP contribution in [0.25, 0.3) is 11.4 Å². The van der Waals surface area contributed by atoms with Crippen molar-refractivity contribution < 1.29 is 17.7 Å². The first kappa shape index (κ1) is 17.9. The number of ether oxygens (including phenoxy) is 1. The molecule has 1 aromatic carbocycles. The molecule has 136 valence electrons. The van der Waals surface area contributed by atoms with Crippen molar-refractivity contribution in [2.75, 3.05) is 12.9 Å². The smallest absolute Gasteiger partial charge is 0.242 e. The van der Waals surface area contributed by atoms with Crippen LogP contribution in [0.5, 0.6) is 5.75 Å². The van der Waals surface area contributed by atoms with E-state index < -0.39 is 9.84 Å². The van der Waals surface area contributed by atoms with Crippen LogP contribution in [0.1, 0.15) is 43.6 Å². The Labute approximate surface area is 148 Å². The van der Waals surface area contributed by atoms with Gasteiger partial charge < -0.3 is 9.26 Å². The summed E-state index contributed by atoms with van der Waals surface area (Å²) in [5.41, 5.74) is 1.74. The molecule has 6 nitrogen and oxygen atoms in total. The van der Waals surface area contributed by atoms with Crippen LogP contribution >= 0.6 is 0 Å². The zero-order valence-corrected chi connectivity index (χ0v) is 15.5. The monoisotopic (exact) mass is 364 g/mol. The number of rotatable bonds is 6. The van der Waals surface area contributed by atoms with Crippen molar-refractivity contribution in [3.05, 3.63) is 29.7 Å². The number of methoxy groups -OCH3 is 1. The Morgan fingerprint density at radius 3 is 2.72 bits per heavy atom. The van der Waals surface area contributed by atoms with E-state index in [1.165, 1.54) is 6.42 Å². The predicted octanol–water partition coefficient (Wildman–Crippen LogP) is 3.55. The Hall–Kier alpha value is -1.89. The topological polar surface area (TPSA) is 82.3 Å². The molecule has 0 radical (unpaired) electrons. The lowest BCUT2D eigenvalue weighted by Gasteiger charge is -2.20. The number of hydrogen-bond donors (Lipinski definition) is 0. The fourth-order valence-corrected chi connectivity index (χ4v) is 5.01. The van der Waals surface area contributed by atoms with E-state index in [4.69, 9.17) is 9.26 Å². The van der Waals surface area contributed by atoms with Crippen molar-refractivity contribution >= 4 is 9.84 Å². The zero-order chi connectivity index (χ0) is 17.9. The van der Waals surface area contributed by atoms with Gasteiger partial charge in [0.1, 0.15) is 11.5 Å². The maximum absolute atomic E-state index is 12.4. The maximum atomic E-state index is 12.4. The first-order valence-electron chi connectivity index (χ1n) is 8.65. The Bertz CT molecular complexity index is 823. The van der Waals surface area contributed by atoms with Gasteiger partial charge in [-0.2, -0.15) is 4.98 Å². The molecule has 0 amide bonds. The summed E-state index contributed by atoms with van der Waals surface area (Å²) in [6, 6.07) is 5.59. The van der Waals surface area contributed by atoms with E-state index in [-0.39, 0.29) is 23.3 Å². The highest BCUT2D eigenvalue weighted by atomic mass is 32.2. The lowest BCUT2D eigenvalue weighted by molar-refractivity contribution is 0.379. The molecule has 1 fully saturated rings. The normalized spacial score (nSPS) is 16.1. The molecule has 1 saturated carbocycles. The molecule has 0 aliphatic heterocycles. The minimum absolute atomic E-state index is 0.144. The van der Waals surface area contributed by atoms with Gasteiger partial charge in [0.05, 0.1) is 12.9 Å². The van der Waals surface area contributed by atoms with Crippen LogP contribution in [0.15, 0.2) is 22.7 Å². The minimum atomic E-state index is -3.24. The first-order valence-corrected chi connectivity index (χ1v) is 10.5. The Morgan fingerprint density at radius 2 is 2.00 bits per heavy atom. The van der Waals surface area contributed by atoms with Crippen molar-refractivity contribution in [2.45, 2.75) is 44.8 Å². The van der Waals surface area contributed by atoms with Gasteiger partial charge in [-0.1, -0.05) is 36.6 Å². The molecule has 0 N–H and O–H groups in total. The van der Waals surface area contributed by atoms with Gasteiger partial charge in [-0.05, 0) is 37.3 Å². The van der Waals surface area contributed by atoms with E-state index in [1.54, 1.807) is 7.11 Å². The van der Waals surface area contributed by atoms with Crippen molar-refractivity contribution in [1.82, 2.24) is 10.1 Å². The highest BCUT2D eigenvalue weighted by molar-refractivity contribution is 7.90. The lowest BCUT2D eigenvalue weighted by Crippen LogP contribution is -2.20. The molecule has 1 aliphatic carbocycles. The summed E-state index contributed by atoms with van der Waals surface area (Å²) < 4.78 is 35.3. The molecule has 0 bridgehead atoms. The van der Waals surface area contributed by atoms with E-state index in [9.17, 15) is 8.42 Å². The van der Waals surface area contributed by atoms with Gasteiger partial charge in [0.25, 0.3) is 0 Å². The second kappa shape index (κ2) is 7.56. The Morgan fingerprint density at radius 1 is 1.24 bits per heavy atom. The second-order valence-corrected chi connectivity index (χ2v) is 8.86. The number of nitrogens with zero attached hydrogens (tertiary/aromatic N) is 2. The number of hydrogen-bond acceptors (Lipinski definition) is 6.